The van der Waals surface area contributed by atoms with E-state index in [1.54, 1.807) is 0 Å². The summed E-state index contributed by atoms with van der Waals surface area (Å²) in [6, 6.07) is 16.7. The fourth-order valence-electron chi connectivity index (χ4n) is 3.25. The van der Waals surface area contributed by atoms with Gasteiger partial charge >= 0.3 is 0 Å². The molecule has 0 saturated carbocycles. The highest BCUT2D eigenvalue weighted by atomic mass is 16.2. The Kier molecular flexibility index (Phi) is 4.96. The Balaban J connectivity index is 1.65. The molecule has 0 aromatic heterocycles. The van der Waals surface area contributed by atoms with E-state index in [2.05, 4.69) is 48.3 Å². The van der Waals surface area contributed by atoms with Crippen molar-refractivity contribution >= 4 is 11.6 Å². The molecule has 0 radical (unpaired) electrons. The zero-order valence-corrected chi connectivity index (χ0v) is 15.7. The lowest BCUT2D eigenvalue weighted by atomic mass is 9.85. The number of carbonyl (C=O) groups is 1. The number of amides is 1. The number of aryl methyl sites for hydroxylation is 1. The van der Waals surface area contributed by atoms with Gasteiger partial charge in [0, 0.05) is 18.8 Å². The Morgan fingerprint density at radius 1 is 1.12 bits per heavy atom. The Morgan fingerprint density at radius 3 is 2.28 bits per heavy atom. The average molecular weight is 336 g/mol. The van der Waals surface area contributed by atoms with Gasteiger partial charge in [-0.1, -0.05) is 55.8 Å². The fourth-order valence-corrected chi connectivity index (χ4v) is 3.25. The van der Waals surface area contributed by atoms with Crippen LogP contribution in [-0.4, -0.2) is 22.9 Å². The summed E-state index contributed by atoms with van der Waals surface area (Å²) < 4.78 is 0. The van der Waals surface area contributed by atoms with Gasteiger partial charge in [-0.15, -0.1) is 0 Å². The van der Waals surface area contributed by atoms with Gasteiger partial charge in [-0.05, 0) is 49.4 Å². The van der Waals surface area contributed by atoms with Crippen molar-refractivity contribution in [1.82, 2.24) is 4.90 Å². The molecule has 1 aliphatic heterocycles. The van der Waals surface area contributed by atoms with E-state index in [4.69, 9.17) is 0 Å². The number of nitrogens with one attached hydrogen (secondary N) is 1. The molecule has 132 valence electrons. The van der Waals surface area contributed by atoms with Crippen LogP contribution in [0.4, 0.5) is 5.69 Å². The number of likely N-dealkylation sites (tertiary alicyclic amines) is 1. The Bertz CT molecular complexity index is 734. The molecule has 1 unspecified atom stereocenters. The first-order valence-corrected chi connectivity index (χ1v) is 9.10. The molecule has 3 rings (SSSR count). The van der Waals surface area contributed by atoms with Crippen molar-refractivity contribution in [2.24, 2.45) is 0 Å². The molecule has 3 nitrogen and oxygen atoms in total. The molecule has 2 aromatic carbocycles. The lowest BCUT2D eigenvalue weighted by Gasteiger charge is -2.49. The lowest BCUT2D eigenvalue weighted by Crippen LogP contribution is -2.63. The minimum absolute atomic E-state index is 0.0846. The highest BCUT2D eigenvalue weighted by Crippen LogP contribution is 2.33. The van der Waals surface area contributed by atoms with Crippen LogP contribution in [0.15, 0.2) is 48.5 Å². The fraction of sp³-hybridized carbons (Fsp3) is 0.409. The van der Waals surface area contributed by atoms with Crippen LogP contribution < -0.4 is 5.32 Å². The minimum atomic E-state index is -0.429. The van der Waals surface area contributed by atoms with Crippen LogP contribution >= 0.6 is 0 Å². The predicted octanol–water partition coefficient (Wildman–Crippen LogP) is 4.72. The first kappa shape index (κ1) is 17.7. The standard InChI is InChI=1S/C22H28N2O/c1-16(2)19-9-7-18(8-10-19)15-24-14-13-22(24,4)21(25)23-20-11-5-17(3)6-12-20/h5-12,16H,13-15H2,1-4H3,(H,23,25). The maximum atomic E-state index is 12.8. The molecule has 0 bridgehead atoms. The number of benzene rings is 2. The van der Waals surface area contributed by atoms with Gasteiger partial charge in [-0.3, -0.25) is 9.69 Å². The highest BCUT2D eigenvalue weighted by molar-refractivity contribution is 5.98. The van der Waals surface area contributed by atoms with E-state index in [0.717, 1.165) is 25.2 Å². The van der Waals surface area contributed by atoms with E-state index >= 15 is 0 Å². The first-order valence-electron chi connectivity index (χ1n) is 9.10. The van der Waals surface area contributed by atoms with E-state index in [0.29, 0.717) is 5.92 Å². The summed E-state index contributed by atoms with van der Waals surface area (Å²) in [4.78, 5) is 15.1. The first-order chi connectivity index (χ1) is 11.9. The van der Waals surface area contributed by atoms with Gasteiger partial charge in [-0.2, -0.15) is 0 Å². The van der Waals surface area contributed by atoms with Crippen LogP contribution in [0, 0.1) is 6.92 Å². The van der Waals surface area contributed by atoms with Gasteiger partial charge in [0.15, 0.2) is 0 Å². The number of nitrogens with zero attached hydrogens (tertiary/aromatic N) is 1. The second-order valence-electron chi connectivity index (χ2n) is 7.66. The largest absolute Gasteiger partial charge is 0.324 e. The van der Waals surface area contributed by atoms with Crippen molar-refractivity contribution in [1.29, 1.82) is 0 Å². The van der Waals surface area contributed by atoms with Crippen LogP contribution in [0.5, 0.6) is 0 Å². The summed E-state index contributed by atoms with van der Waals surface area (Å²) in [6.07, 6.45) is 0.898. The summed E-state index contributed by atoms with van der Waals surface area (Å²) in [5, 5.41) is 3.07. The highest BCUT2D eigenvalue weighted by Gasteiger charge is 2.46. The summed E-state index contributed by atoms with van der Waals surface area (Å²) in [5.74, 6) is 0.630. The molecule has 1 amide bonds. The molecule has 1 heterocycles. The topological polar surface area (TPSA) is 32.3 Å². The van der Waals surface area contributed by atoms with Crippen molar-refractivity contribution in [2.45, 2.75) is 52.1 Å². The normalized spacial score (nSPS) is 20.4. The maximum absolute atomic E-state index is 12.8. The number of rotatable bonds is 5. The number of hydrogen-bond acceptors (Lipinski definition) is 2. The smallest absolute Gasteiger partial charge is 0.244 e. The molecule has 0 spiro atoms. The van der Waals surface area contributed by atoms with Gasteiger partial charge in [0.25, 0.3) is 0 Å². The molecular formula is C22H28N2O. The average Bonchev–Trinajstić information content (AvgIpc) is 2.60. The third kappa shape index (κ3) is 3.77. The van der Waals surface area contributed by atoms with Crippen molar-refractivity contribution in [3.8, 4) is 0 Å². The molecule has 1 fully saturated rings. The second-order valence-corrected chi connectivity index (χ2v) is 7.66. The zero-order valence-electron chi connectivity index (χ0n) is 15.7. The van der Waals surface area contributed by atoms with E-state index in [9.17, 15) is 4.79 Å². The molecule has 1 aliphatic rings. The van der Waals surface area contributed by atoms with Crippen LogP contribution in [0.3, 0.4) is 0 Å². The van der Waals surface area contributed by atoms with Crippen molar-refractivity contribution in [2.75, 3.05) is 11.9 Å². The molecule has 3 heteroatoms. The monoisotopic (exact) mass is 336 g/mol. The van der Waals surface area contributed by atoms with Gasteiger partial charge in [-0.25, -0.2) is 0 Å². The van der Waals surface area contributed by atoms with Crippen molar-refractivity contribution in [3.63, 3.8) is 0 Å². The third-order valence-electron chi connectivity index (χ3n) is 5.38. The molecular weight excluding hydrogens is 308 g/mol. The molecule has 0 aliphatic carbocycles. The predicted molar refractivity (Wildman–Crippen MR) is 104 cm³/mol. The van der Waals surface area contributed by atoms with Gasteiger partial charge in [0.1, 0.15) is 0 Å². The van der Waals surface area contributed by atoms with Crippen LogP contribution in [0.2, 0.25) is 0 Å². The molecule has 1 atom stereocenters. The SMILES string of the molecule is Cc1ccc(NC(=O)C2(C)CCN2Cc2ccc(C(C)C)cc2)cc1. The summed E-state index contributed by atoms with van der Waals surface area (Å²) in [7, 11) is 0. The number of hydrogen-bond donors (Lipinski definition) is 1. The maximum Gasteiger partial charge on any atom is 0.244 e. The van der Waals surface area contributed by atoms with Crippen molar-refractivity contribution < 1.29 is 4.79 Å². The molecule has 25 heavy (non-hydrogen) atoms. The number of carbonyl (C=O) groups excluding carboxylic acids is 1. The van der Waals surface area contributed by atoms with Crippen LogP contribution in [0.25, 0.3) is 0 Å². The van der Waals surface area contributed by atoms with Gasteiger partial charge in [0.2, 0.25) is 5.91 Å². The Hall–Kier alpha value is -2.13. The Morgan fingerprint density at radius 2 is 1.76 bits per heavy atom. The minimum Gasteiger partial charge on any atom is -0.324 e. The molecule has 1 N–H and O–H groups in total. The van der Waals surface area contributed by atoms with E-state index in [1.165, 1.54) is 16.7 Å². The van der Waals surface area contributed by atoms with Crippen LogP contribution in [-0.2, 0) is 11.3 Å². The van der Waals surface area contributed by atoms with Crippen LogP contribution in [0.1, 0.15) is 49.8 Å². The lowest BCUT2D eigenvalue weighted by molar-refractivity contribution is -0.136. The van der Waals surface area contributed by atoms with E-state index in [1.807, 2.05) is 38.1 Å². The molecule has 2 aromatic rings. The van der Waals surface area contributed by atoms with Gasteiger partial charge in [0.05, 0.1) is 5.54 Å². The number of anilines is 1. The summed E-state index contributed by atoms with van der Waals surface area (Å²) in [5.41, 5.74) is 4.25. The summed E-state index contributed by atoms with van der Waals surface area (Å²) >= 11 is 0. The zero-order chi connectivity index (χ0) is 18.0. The second kappa shape index (κ2) is 7.01. The third-order valence-corrected chi connectivity index (χ3v) is 5.38. The summed E-state index contributed by atoms with van der Waals surface area (Å²) in [6.45, 7) is 10.3. The quantitative estimate of drug-likeness (QED) is 0.857. The molecule has 1 saturated heterocycles. The van der Waals surface area contributed by atoms with E-state index in [-0.39, 0.29) is 5.91 Å². The van der Waals surface area contributed by atoms with E-state index < -0.39 is 5.54 Å². The van der Waals surface area contributed by atoms with Gasteiger partial charge < -0.3 is 5.32 Å². The van der Waals surface area contributed by atoms with Crippen molar-refractivity contribution in [3.05, 3.63) is 65.2 Å². The Labute approximate surface area is 151 Å².